The largest absolute Gasteiger partial charge is 0.298 e. The molecule has 1 fully saturated rings. The molecule has 0 N–H and O–H groups in total. The van der Waals surface area contributed by atoms with Crippen LogP contribution in [0.25, 0.3) is 0 Å². The quantitative estimate of drug-likeness (QED) is 0.394. The Morgan fingerprint density at radius 1 is 0.909 bits per heavy atom. The van der Waals surface area contributed by atoms with Crippen molar-refractivity contribution in [1.82, 2.24) is 4.90 Å². The second-order valence-electron chi connectivity index (χ2n) is 9.46. The standard InChI is InChI=1S/C27H37F2N.C2H3N/c1-20(2)30(18-17-22-7-5-4-6-8-22)21(3)9-10-23-11-13-24(14-12-23)25-15-16-26(28)27(29)19-25;1-2-3/h4-8,11-14,20-21,25-27H,9-10,15-19H2,1-3H3;1H3. The maximum Gasteiger partial charge on any atom is 0.132 e. The van der Waals surface area contributed by atoms with Crippen LogP contribution in [0.3, 0.4) is 0 Å². The molecule has 0 radical (unpaired) electrons. The molecule has 4 heteroatoms. The van der Waals surface area contributed by atoms with Gasteiger partial charge in [0.05, 0.1) is 6.07 Å². The van der Waals surface area contributed by atoms with Crippen molar-refractivity contribution in [2.45, 2.75) is 96.6 Å². The first kappa shape index (κ1) is 27.0. The minimum Gasteiger partial charge on any atom is -0.298 e. The van der Waals surface area contributed by atoms with Crippen LogP contribution in [0.2, 0.25) is 0 Å². The van der Waals surface area contributed by atoms with Crippen molar-refractivity contribution in [2.75, 3.05) is 6.54 Å². The fourth-order valence-corrected chi connectivity index (χ4v) is 4.77. The molecule has 1 saturated carbocycles. The first-order valence-corrected chi connectivity index (χ1v) is 12.3. The molecule has 4 atom stereocenters. The van der Waals surface area contributed by atoms with Crippen molar-refractivity contribution in [3.05, 3.63) is 71.3 Å². The summed E-state index contributed by atoms with van der Waals surface area (Å²) in [5.74, 6) is 0.161. The molecule has 180 valence electrons. The predicted octanol–water partition coefficient (Wildman–Crippen LogP) is 7.43. The Labute approximate surface area is 199 Å². The molecule has 4 unspecified atom stereocenters. The van der Waals surface area contributed by atoms with Gasteiger partial charge in [-0.3, -0.25) is 4.90 Å². The highest BCUT2D eigenvalue weighted by atomic mass is 19.2. The van der Waals surface area contributed by atoms with E-state index in [4.69, 9.17) is 5.26 Å². The number of hydrogen-bond donors (Lipinski definition) is 0. The fraction of sp³-hybridized carbons (Fsp3) is 0.552. The molecule has 2 aromatic rings. The summed E-state index contributed by atoms with van der Waals surface area (Å²) < 4.78 is 27.1. The number of halogens is 2. The van der Waals surface area contributed by atoms with Gasteiger partial charge < -0.3 is 0 Å². The Kier molecular flexibility index (Phi) is 11.5. The first-order valence-electron chi connectivity index (χ1n) is 12.3. The number of aryl methyl sites for hydroxylation is 1. The van der Waals surface area contributed by atoms with Crippen LogP contribution in [0.15, 0.2) is 54.6 Å². The molecule has 2 nitrogen and oxygen atoms in total. The number of benzene rings is 2. The highest BCUT2D eigenvalue weighted by molar-refractivity contribution is 5.26. The number of hydrogen-bond acceptors (Lipinski definition) is 2. The van der Waals surface area contributed by atoms with E-state index in [0.29, 0.717) is 24.9 Å². The van der Waals surface area contributed by atoms with Crippen molar-refractivity contribution >= 4 is 0 Å². The molecule has 1 aliphatic carbocycles. The van der Waals surface area contributed by atoms with Crippen LogP contribution < -0.4 is 0 Å². The maximum atomic E-state index is 13.7. The van der Waals surface area contributed by atoms with Gasteiger partial charge in [0.2, 0.25) is 0 Å². The van der Waals surface area contributed by atoms with Crippen molar-refractivity contribution in [2.24, 2.45) is 0 Å². The van der Waals surface area contributed by atoms with E-state index in [1.54, 1.807) is 6.07 Å². The third-order valence-electron chi connectivity index (χ3n) is 6.73. The molecule has 2 aromatic carbocycles. The molecule has 0 heterocycles. The molecule has 0 saturated heterocycles. The van der Waals surface area contributed by atoms with Gasteiger partial charge in [-0.05, 0) is 81.9 Å². The van der Waals surface area contributed by atoms with Gasteiger partial charge in [-0.25, -0.2) is 8.78 Å². The Morgan fingerprint density at radius 2 is 1.52 bits per heavy atom. The van der Waals surface area contributed by atoms with E-state index in [0.717, 1.165) is 37.8 Å². The third-order valence-corrected chi connectivity index (χ3v) is 6.73. The van der Waals surface area contributed by atoms with Gasteiger partial charge >= 0.3 is 0 Å². The van der Waals surface area contributed by atoms with Crippen LogP contribution in [-0.2, 0) is 12.8 Å². The summed E-state index contributed by atoms with van der Waals surface area (Å²) in [6.07, 6.45) is 2.08. The summed E-state index contributed by atoms with van der Waals surface area (Å²) in [6.45, 7) is 9.39. The van der Waals surface area contributed by atoms with E-state index in [2.05, 4.69) is 80.3 Å². The zero-order chi connectivity index (χ0) is 24.2. The summed E-state index contributed by atoms with van der Waals surface area (Å²) in [5.41, 5.74) is 3.88. The van der Waals surface area contributed by atoms with Crippen LogP contribution in [-0.4, -0.2) is 35.9 Å². The molecule has 0 bridgehead atoms. The maximum absolute atomic E-state index is 13.7. The molecular formula is C29H40F2N2. The smallest absolute Gasteiger partial charge is 0.132 e. The summed E-state index contributed by atoms with van der Waals surface area (Å²) >= 11 is 0. The van der Waals surface area contributed by atoms with Crippen LogP contribution >= 0.6 is 0 Å². The Hall–Kier alpha value is -2.25. The van der Waals surface area contributed by atoms with Gasteiger partial charge in [-0.1, -0.05) is 54.6 Å². The lowest BCUT2D eigenvalue weighted by Crippen LogP contribution is -2.40. The van der Waals surface area contributed by atoms with Crippen LogP contribution in [0.5, 0.6) is 0 Å². The minimum absolute atomic E-state index is 0.161. The van der Waals surface area contributed by atoms with Crippen LogP contribution in [0.4, 0.5) is 8.78 Å². The average molecular weight is 455 g/mol. The molecule has 0 aromatic heterocycles. The molecule has 33 heavy (non-hydrogen) atoms. The van der Waals surface area contributed by atoms with E-state index in [1.165, 1.54) is 18.1 Å². The number of nitriles is 1. The number of nitrogens with zero attached hydrogens (tertiary/aromatic N) is 2. The monoisotopic (exact) mass is 454 g/mol. The zero-order valence-corrected chi connectivity index (χ0v) is 20.7. The Bertz CT molecular complexity index is 829. The van der Waals surface area contributed by atoms with Gasteiger partial charge in [0, 0.05) is 25.6 Å². The lowest BCUT2D eigenvalue weighted by atomic mass is 9.82. The number of rotatable bonds is 9. The summed E-state index contributed by atoms with van der Waals surface area (Å²) in [4.78, 5) is 2.60. The van der Waals surface area contributed by atoms with Crippen LogP contribution in [0, 0.1) is 11.3 Å². The van der Waals surface area contributed by atoms with E-state index >= 15 is 0 Å². The Morgan fingerprint density at radius 3 is 2.09 bits per heavy atom. The van der Waals surface area contributed by atoms with Crippen molar-refractivity contribution in [3.63, 3.8) is 0 Å². The molecule has 3 rings (SSSR count). The van der Waals surface area contributed by atoms with Crippen LogP contribution in [0.1, 0.15) is 76.0 Å². The molecule has 0 spiro atoms. The van der Waals surface area contributed by atoms with E-state index in [1.807, 2.05) is 0 Å². The summed E-state index contributed by atoms with van der Waals surface area (Å²) in [7, 11) is 0. The predicted molar refractivity (Wildman–Crippen MR) is 134 cm³/mol. The fourth-order valence-electron chi connectivity index (χ4n) is 4.77. The SMILES string of the molecule is CC#N.CC(C)N(CCc1ccccc1)C(C)CCc1ccc(C2CCC(F)C(F)C2)cc1. The van der Waals surface area contributed by atoms with E-state index in [-0.39, 0.29) is 5.92 Å². The molecule has 0 amide bonds. The van der Waals surface area contributed by atoms with Crippen molar-refractivity contribution < 1.29 is 8.78 Å². The van der Waals surface area contributed by atoms with E-state index < -0.39 is 12.3 Å². The molecular weight excluding hydrogens is 414 g/mol. The Balaban J connectivity index is 0.00000122. The van der Waals surface area contributed by atoms with Gasteiger partial charge in [-0.2, -0.15) is 5.26 Å². The summed E-state index contributed by atoms with van der Waals surface area (Å²) in [6, 6.07) is 22.1. The van der Waals surface area contributed by atoms with Gasteiger partial charge in [-0.15, -0.1) is 0 Å². The highest BCUT2D eigenvalue weighted by Gasteiger charge is 2.31. The second-order valence-corrected chi connectivity index (χ2v) is 9.46. The van der Waals surface area contributed by atoms with Gasteiger partial charge in [0.25, 0.3) is 0 Å². The normalized spacial score (nSPS) is 21.2. The zero-order valence-electron chi connectivity index (χ0n) is 20.7. The topological polar surface area (TPSA) is 27.0 Å². The summed E-state index contributed by atoms with van der Waals surface area (Å²) in [5, 5.41) is 7.32. The lowest BCUT2D eigenvalue weighted by molar-refractivity contribution is 0.108. The van der Waals surface area contributed by atoms with E-state index in [9.17, 15) is 8.78 Å². The van der Waals surface area contributed by atoms with Crippen molar-refractivity contribution in [1.29, 1.82) is 5.26 Å². The second kappa shape index (κ2) is 14.1. The van der Waals surface area contributed by atoms with Gasteiger partial charge in [0.1, 0.15) is 12.3 Å². The highest BCUT2D eigenvalue weighted by Crippen LogP contribution is 2.35. The lowest BCUT2D eigenvalue weighted by Gasteiger charge is -2.33. The average Bonchev–Trinajstić information content (AvgIpc) is 2.81. The molecule has 1 aliphatic rings. The molecule has 0 aliphatic heterocycles. The number of alkyl halides is 2. The third kappa shape index (κ3) is 8.89. The minimum atomic E-state index is -1.30. The first-order chi connectivity index (χ1) is 15.8. The van der Waals surface area contributed by atoms with Gasteiger partial charge in [0.15, 0.2) is 0 Å². The van der Waals surface area contributed by atoms with Crippen molar-refractivity contribution in [3.8, 4) is 6.07 Å².